The summed E-state index contributed by atoms with van der Waals surface area (Å²) >= 11 is 0. The zero-order valence-corrected chi connectivity index (χ0v) is 10.6. The van der Waals surface area contributed by atoms with E-state index in [2.05, 4.69) is 29.3 Å². The summed E-state index contributed by atoms with van der Waals surface area (Å²) < 4.78 is 0. The third kappa shape index (κ3) is 2.11. The molecule has 0 unspecified atom stereocenters. The first-order chi connectivity index (χ1) is 8.36. The van der Waals surface area contributed by atoms with Crippen molar-refractivity contribution in [2.24, 2.45) is 0 Å². The van der Waals surface area contributed by atoms with Gasteiger partial charge in [0.1, 0.15) is 5.82 Å². The molecule has 2 aliphatic rings. The Bertz CT molecular complexity index is 402. The lowest BCUT2D eigenvalue weighted by atomic mass is 10.1. The van der Waals surface area contributed by atoms with Crippen molar-refractivity contribution in [2.45, 2.75) is 45.1 Å². The van der Waals surface area contributed by atoms with E-state index in [0.717, 1.165) is 18.8 Å². The molecule has 0 amide bonds. The number of nitrogens with zero attached hydrogens (tertiary/aromatic N) is 2. The molecule has 0 radical (unpaired) electrons. The number of hydrogen-bond donors (Lipinski definition) is 1. The van der Waals surface area contributed by atoms with Gasteiger partial charge in [-0.05, 0) is 31.4 Å². The highest BCUT2D eigenvalue weighted by atomic mass is 15.3. The van der Waals surface area contributed by atoms with Gasteiger partial charge in [0.2, 0.25) is 0 Å². The van der Waals surface area contributed by atoms with E-state index in [0.29, 0.717) is 6.04 Å². The number of pyridine rings is 1. The number of anilines is 2. The van der Waals surface area contributed by atoms with Crippen LogP contribution in [0.15, 0.2) is 12.1 Å². The normalized spacial score (nSPS) is 21.2. The number of aromatic nitrogens is 1. The molecule has 1 aromatic heterocycles. The van der Waals surface area contributed by atoms with Crippen LogP contribution >= 0.6 is 0 Å². The van der Waals surface area contributed by atoms with Gasteiger partial charge in [0.15, 0.2) is 0 Å². The molecule has 3 rings (SSSR count). The first-order valence-electron chi connectivity index (χ1n) is 6.88. The SMILES string of the molecule is CCCCCc1ccc2c(n1)N[C@@H]1CCN2C1. The van der Waals surface area contributed by atoms with Gasteiger partial charge in [0, 0.05) is 24.8 Å². The third-order valence-corrected chi connectivity index (χ3v) is 3.84. The summed E-state index contributed by atoms with van der Waals surface area (Å²) in [5, 5.41) is 3.57. The Balaban J connectivity index is 1.75. The van der Waals surface area contributed by atoms with E-state index < -0.39 is 0 Å². The van der Waals surface area contributed by atoms with Gasteiger partial charge in [-0.15, -0.1) is 0 Å². The van der Waals surface area contributed by atoms with Crippen molar-refractivity contribution in [3.8, 4) is 0 Å². The van der Waals surface area contributed by atoms with E-state index >= 15 is 0 Å². The first kappa shape index (κ1) is 10.9. The van der Waals surface area contributed by atoms with Crippen LogP contribution in [0, 0.1) is 0 Å². The molecule has 0 aliphatic carbocycles. The minimum absolute atomic E-state index is 0.626. The molecule has 1 aromatic rings. The summed E-state index contributed by atoms with van der Waals surface area (Å²) in [4.78, 5) is 7.23. The fraction of sp³-hybridized carbons (Fsp3) is 0.643. The zero-order chi connectivity index (χ0) is 11.7. The minimum Gasteiger partial charge on any atom is -0.366 e. The molecule has 17 heavy (non-hydrogen) atoms. The Hall–Kier alpha value is -1.25. The molecule has 3 nitrogen and oxygen atoms in total. The number of unbranched alkanes of at least 4 members (excludes halogenated alkanes) is 2. The number of aryl methyl sites for hydroxylation is 1. The van der Waals surface area contributed by atoms with Gasteiger partial charge in [-0.25, -0.2) is 4.98 Å². The number of nitrogens with one attached hydrogen (secondary N) is 1. The number of fused-ring (bicyclic) bond motifs is 4. The molecule has 0 spiro atoms. The van der Waals surface area contributed by atoms with Crippen molar-refractivity contribution in [2.75, 3.05) is 23.3 Å². The predicted molar refractivity (Wildman–Crippen MR) is 71.7 cm³/mol. The summed E-state index contributed by atoms with van der Waals surface area (Å²) in [5.74, 6) is 1.12. The lowest BCUT2D eigenvalue weighted by molar-refractivity contribution is 0.705. The summed E-state index contributed by atoms with van der Waals surface area (Å²) in [7, 11) is 0. The van der Waals surface area contributed by atoms with Crippen molar-refractivity contribution in [3.63, 3.8) is 0 Å². The Morgan fingerprint density at radius 2 is 2.35 bits per heavy atom. The van der Waals surface area contributed by atoms with Crippen LogP contribution in [0.3, 0.4) is 0 Å². The number of rotatable bonds is 4. The molecule has 0 saturated carbocycles. The molecule has 1 atom stereocenters. The Morgan fingerprint density at radius 3 is 3.24 bits per heavy atom. The summed E-state index contributed by atoms with van der Waals surface area (Å²) in [5.41, 5.74) is 2.55. The summed E-state index contributed by atoms with van der Waals surface area (Å²) in [6.07, 6.45) is 6.21. The highest BCUT2D eigenvalue weighted by Gasteiger charge is 2.30. The maximum absolute atomic E-state index is 4.77. The molecule has 2 aliphatic heterocycles. The van der Waals surface area contributed by atoms with Crippen LogP contribution < -0.4 is 10.2 Å². The smallest absolute Gasteiger partial charge is 0.150 e. The Labute approximate surface area is 103 Å². The van der Waals surface area contributed by atoms with Gasteiger partial charge in [-0.2, -0.15) is 0 Å². The first-order valence-corrected chi connectivity index (χ1v) is 6.88. The predicted octanol–water partition coefficient (Wildman–Crippen LogP) is 2.82. The van der Waals surface area contributed by atoms with Crippen molar-refractivity contribution >= 4 is 11.5 Å². The van der Waals surface area contributed by atoms with Crippen LogP contribution in [0.4, 0.5) is 11.5 Å². The second kappa shape index (κ2) is 4.55. The van der Waals surface area contributed by atoms with E-state index in [9.17, 15) is 0 Å². The van der Waals surface area contributed by atoms with Gasteiger partial charge in [-0.3, -0.25) is 0 Å². The van der Waals surface area contributed by atoms with Crippen molar-refractivity contribution in [1.29, 1.82) is 0 Å². The fourth-order valence-electron chi connectivity index (χ4n) is 2.84. The second-order valence-electron chi connectivity index (χ2n) is 5.20. The molecule has 92 valence electrons. The topological polar surface area (TPSA) is 28.2 Å². The van der Waals surface area contributed by atoms with Gasteiger partial charge in [0.05, 0.1) is 5.69 Å². The molecule has 1 fully saturated rings. The zero-order valence-electron chi connectivity index (χ0n) is 10.6. The Morgan fingerprint density at radius 1 is 1.41 bits per heavy atom. The lowest BCUT2D eigenvalue weighted by Gasteiger charge is -2.27. The molecule has 0 aromatic carbocycles. The molecule has 3 heterocycles. The lowest BCUT2D eigenvalue weighted by Crippen LogP contribution is -2.32. The number of hydrogen-bond acceptors (Lipinski definition) is 3. The minimum atomic E-state index is 0.626. The van der Waals surface area contributed by atoms with Crippen LogP contribution in [0.1, 0.15) is 38.3 Å². The van der Waals surface area contributed by atoms with Crippen LogP contribution in [-0.4, -0.2) is 24.1 Å². The maximum Gasteiger partial charge on any atom is 0.150 e. The average Bonchev–Trinajstić information content (AvgIpc) is 2.72. The highest BCUT2D eigenvalue weighted by Crippen LogP contribution is 2.34. The van der Waals surface area contributed by atoms with Gasteiger partial charge in [-0.1, -0.05) is 19.8 Å². The fourth-order valence-corrected chi connectivity index (χ4v) is 2.84. The van der Waals surface area contributed by atoms with Crippen molar-refractivity contribution in [3.05, 3.63) is 17.8 Å². The van der Waals surface area contributed by atoms with Gasteiger partial charge < -0.3 is 10.2 Å². The van der Waals surface area contributed by atoms with E-state index in [1.54, 1.807) is 0 Å². The van der Waals surface area contributed by atoms with Crippen LogP contribution in [0.25, 0.3) is 0 Å². The van der Waals surface area contributed by atoms with Crippen LogP contribution in [-0.2, 0) is 6.42 Å². The molecule has 1 N–H and O–H groups in total. The monoisotopic (exact) mass is 231 g/mol. The van der Waals surface area contributed by atoms with Crippen molar-refractivity contribution < 1.29 is 0 Å². The Kier molecular flexibility index (Phi) is 2.91. The molecule has 3 heteroatoms. The molecular formula is C14H21N3. The summed E-state index contributed by atoms with van der Waals surface area (Å²) in [6, 6.07) is 5.08. The second-order valence-corrected chi connectivity index (χ2v) is 5.20. The highest BCUT2D eigenvalue weighted by molar-refractivity contribution is 5.70. The largest absolute Gasteiger partial charge is 0.366 e. The van der Waals surface area contributed by atoms with E-state index in [1.165, 1.54) is 43.6 Å². The molecule has 1 saturated heterocycles. The van der Waals surface area contributed by atoms with Crippen LogP contribution in [0.5, 0.6) is 0 Å². The van der Waals surface area contributed by atoms with E-state index in [1.807, 2.05) is 0 Å². The summed E-state index contributed by atoms with van der Waals surface area (Å²) in [6.45, 7) is 4.58. The van der Waals surface area contributed by atoms with E-state index in [4.69, 9.17) is 4.98 Å². The van der Waals surface area contributed by atoms with E-state index in [-0.39, 0.29) is 0 Å². The molecule has 2 bridgehead atoms. The van der Waals surface area contributed by atoms with Gasteiger partial charge in [0.25, 0.3) is 0 Å². The quantitative estimate of drug-likeness (QED) is 0.808. The molecular weight excluding hydrogens is 210 g/mol. The average molecular weight is 231 g/mol. The van der Waals surface area contributed by atoms with Crippen LogP contribution in [0.2, 0.25) is 0 Å². The van der Waals surface area contributed by atoms with Crippen molar-refractivity contribution in [1.82, 2.24) is 4.98 Å². The maximum atomic E-state index is 4.77. The standard InChI is InChI=1S/C14H21N3/c1-2-3-4-5-11-6-7-13-14(15-11)16-12-8-9-17(13)10-12/h6-7,12H,2-5,8-10H2,1H3,(H,15,16)/t12-/m1/s1. The third-order valence-electron chi connectivity index (χ3n) is 3.84. The van der Waals surface area contributed by atoms with Gasteiger partial charge >= 0.3 is 0 Å².